The van der Waals surface area contributed by atoms with Crippen LogP contribution in [0.1, 0.15) is 0 Å². The smallest absolute Gasteiger partial charge is 0.135 e. The number of aromatic nitrogens is 1. The van der Waals surface area contributed by atoms with Crippen LogP contribution in [0.3, 0.4) is 0 Å². The van der Waals surface area contributed by atoms with Gasteiger partial charge in [-0.1, -0.05) is 0 Å². The van der Waals surface area contributed by atoms with E-state index in [1.54, 1.807) is 25.1 Å². The minimum atomic E-state index is 0.653. The van der Waals surface area contributed by atoms with Crippen LogP contribution in [-0.4, -0.2) is 18.3 Å². The molecule has 0 aliphatic rings. The van der Waals surface area contributed by atoms with Crippen LogP contribution in [-0.2, 0) is 0 Å². The predicted molar refractivity (Wildman–Crippen MR) is 64.5 cm³/mol. The molecule has 2 aromatic rings. The Balaban J connectivity index is 2.85. The number of hydrogen-bond donors (Lipinski definition) is 1. The molecule has 0 spiro atoms. The Hall–Kier alpha value is -1.42. The first-order chi connectivity index (χ1) is 7.27. The highest BCUT2D eigenvalue weighted by Gasteiger charge is 2.10. The molecule has 0 saturated carbocycles. The molecule has 0 radical (unpaired) electrons. The third kappa shape index (κ3) is 1.61. The van der Waals surface area contributed by atoms with E-state index in [0.717, 1.165) is 21.5 Å². The first-order valence-electron chi connectivity index (χ1n) is 4.53. The average molecular weight is 220 g/mol. The van der Waals surface area contributed by atoms with Crippen molar-refractivity contribution in [2.45, 2.75) is 4.90 Å². The summed E-state index contributed by atoms with van der Waals surface area (Å²) >= 11 is 1.64. The summed E-state index contributed by atoms with van der Waals surface area (Å²) < 4.78 is 5.30. The Morgan fingerprint density at radius 3 is 2.93 bits per heavy atom. The van der Waals surface area contributed by atoms with E-state index >= 15 is 0 Å². The number of rotatable bonds is 2. The lowest BCUT2D eigenvalue weighted by Crippen LogP contribution is -1.94. The molecule has 0 aliphatic carbocycles. The SMILES string of the molecule is COc1cc(N)c2ncccc2c1SC. The molecule has 0 bridgehead atoms. The fraction of sp³-hybridized carbons (Fsp3) is 0.182. The molecule has 0 saturated heterocycles. The van der Waals surface area contributed by atoms with Crippen LogP contribution in [0.5, 0.6) is 5.75 Å². The molecular weight excluding hydrogens is 208 g/mol. The van der Waals surface area contributed by atoms with Crippen molar-refractivity contribution in [3.63, 3.8) is 0 Å². The number of benzene rings is 1. The number of nitrogens with two attached hydrogens (primary N) is 1. The Bertz CT molecular complexity index is 499. The number of ether oxygens (including phenoxy) is 1. The van der Waals surface area contributed by atoms with E-state index in [-0.39, 0.29) is 0 Å². The second-order valence-electron chi connectivity index (χ2n) is 3.10. The minimum absolute atomic E-state index is 0.653. The van der Waals surface area contributed by atoms with Crippen LogP contribution in [0.15, 0.2) is 29.3 Å². The summed E-state index contributed by atoms with van der Waals surface area (Å²) in [6.45, 7) is 0. The predicted octanol–water partition coefficient (Wildman–Crippen LogP) is 2.55. The summed E-state index contributed by atoms with van der Waals surface area (Å²) in [5, 5.41) is 1.04. The number of hydrogen-bond acceptors (Lipinski definition) is 4. The van der Waals surface area contributed by atoms with Gasteiger partial charge in [0.2, 0.25) is 0 Å². The normalized spacial score (nSPS) is 10.5. The first kappa shape index (κ1) is 10.1. The Labute approximate surface area is 92.6 Å². The number of anilines is 1. The van der Waals surface area contributed by atoms with Crippen molar-refractivity contribution >= 4 is 28.4 Å². The van der Waals surface area contributed by atoms with Gasteiger partial charge >= 0.3 is 0 Å². The zero-order chi connectivity index (χ0) is 10.8. The molecule has 0 fully saturated rings. The van der Waals surface area contributed by atoms with E-state index in [9.17, 15) is 0 Å². The summed E-state index contributed by atoms with van der Waals surface area (Å²) in [5.41, 5.74) is 7.39. The minimum Gasteiger partial charge on any atom is -0.495 e. The number of nitrogen functional groups attached to an aromatic ring is 1. The van der Waals surface area contributed by atoms with E-state index in [1.807, 2.05) is 24.5 Å². The maximum Gasteiger partial charge on any atom is 0.135 e. The lowest BCUT2D eigenvalue weighted by molar-refractivity contribution is 0.406. The van der Waals surface area contributed by atoms with E-state index in [2.05, 4.69) is 4.98 Å². The molecule has 1 aromatic heterocycles. The molecule has 0 atom stereocenters. The highest BCUT2D eigenvalue weighted by molar-refractivity contribution is 7.99. The second-order valence-corrected chi connectivity index (χ2v) is 3.92. The highest BCUT2D eigenvalue weighted by atomic mass is 32.2. The van der Waals surface area contributed by atoms with E-state index in [0.29, 0.717) is 5.69 Å². The molecule has 2 rings (SSSR count). The van der Waals surface area contributed by atoms with Crippen LogP contribution >= 0.6 is 11.8 Å². The zero-order valence-electron chi connectivity index (χ0n) is 8.65. The highest BCUT2D eigenvalue weighted by Crippen LogP contribution is 2.37. The zero-order valence-corrected chi connectivity index (χ0v) is 9.47. The van der Waals surface area contributed by atoms with Crippen molar-refractivity contribution in [3.8, 4) is 5.75 Å². The molecule has 0 aliphatic heterocycles. The van der Waals surface area contributed by atoms with Crippen LogP contribution in [0.25, 0.3) is 10.9 Å². The van der Waals surface area contributed by atoms with E-state index in [1.165, 1.54) is 0 Å². The molecule has 0 amide bonds. The van der Waals surface area contributed by atoms with Crippen molar-refractivity contribution in [2.75, 3.05) is 19.1 Å². The maximum absolute atomic E-state index is 5.90. The van der Waals surface area contributed by atoms with Crippen molar-refractivity contribution < 1.29 is 4.74 Å². The summed E-state index contributed by atoms with van der Waals surface area (Å²) in [7, 11) is 1.65. The van der Waals surface area contributed by atoms with Crippen LogP contribution in [0.2, 0.25) is 0 Å². The van der Waals surface area contributed by atoms with Gasteiger partial charge in [0.25, 0.3) is 0 Å². The van der Waals surface area contributed by atoms with Gasteiger partial charge in [-0.25, -0.2) is 0 Å². The van der Waals surface area contributed by atoms with Crippen LogP contribution in [0, 0.1) is 0 Å². The molecular formula is C11H12N2OS. The molecule has 78 valence electrons. The Morgan fingerprint density at radius 2 is 2.27 bits per heavy atom. The lowest BCUT2D eigenvalue weighted by atomic mass is 10.2. The Kier molecular flexibility index (Phi) is 2.68. The van der Waals surface area contributed by atoms with Gasteiger partial charge in [-0.2, -0.15) is 0 Å². The van der Waals surface area contributed by atoms with Gasteiger partial charge in [0, 0.05) is 17.6 Å². The van der Waals surface area contributed by atoms with Gasteiger partial charge in [0.05, 0.1) is 23.2 Å². The van der Waals surface area contributed by atoms with Crippen LogP contribution < -0.4 is 10.5 Å². The Morgan fingerprint density at radius 1 is 1.47 bits per heavy atom. The van der Waals surface area contributed by atoms with Gasteiger partial charge in [-0.05, 0) is 18.4 Å². The van der Waals surface area contributed by atoms with Crippen molar-refractivity contribution in [1.82, 2.24) is 4.98 Å². The molecule has 15 heavy (non-hydrogen) atoms. The molecule has 0 unspecified atom stereocenters. The van der Waals surface area contributed by atoms with Gasteiger partial charge in [0.15, 0.2) is 0 Å². The molecule has 1 aromatic carbocycles. The number of fused-ring (bicyclic) bond motifs is 1. The number of thioether (sulfide) groups is 1. The summed E-state index contributed by atoms with van der Waals surface area (Å²) in [6, 6.07) is 5.73. The first-order valence-corrected chi connectivity index (χ1v) is 5.75. The van der Waals surface area contributed by atoms with Gasteiger partial charge in [-0.15, -0.1) is 11.8 Å². The topological polar surface area (TPSA) is 48.1 Å². The number of methoxy groups -OCH3 is 1. The molecule has 2 N–H and O–H groups in total. The summed E-state index contributed by atoms with van der Waals surface area (Å²) in [6.07, 6.45) is 3.76. The second kappa shape index (κ2) is 3.98. The molecule has 1 heterocycles. The number of nitrogens with zero attached hydrogens (tertiary/aromatic N) is 1. The van der Waals surface area contributed by atoms with E-state index in [4.69, 9.17) is 10.5 Å². The monoisotopic (exact) mass is 220 g/mol. The van der Waals surface area contributed by atoms with Crippen molar-refractivity contribution in [1.29, 1.82) is 0 Å². The van der Waals surface area contributed by atoms with Crippen LogP contribution in [0.4, 0.5) is 5.69 Å². The molecule has 4 heteroatoms. The third-order valence-electron chi connectivity index (χ3n) is 2.26. The van der Waals surface area contributed by atoms with Gasteiger partial charge in [0.1, 0.15) is 5.75 Å². The summed E-state index contributed by atoms with van der Waals surface area (Å²) in [4.78, 5) is 5.35. The molecule has 3 nitrogen and oxygen atoms in total. The summed E-state index contributed by atoms with van der Waals surface area (Å²) in [5.74, 6) is 0.806. The average Bonchev–Trinajstić information content (AvgIpc) is 2.29. The fourth-order valence-corrected chi connectivity index (χ4v) is 2.32. The van der Waals surface area contributed by atoms with Crippen molar-refractivity contribution in [2.24, 2.45) is 0 Å². The largest absolute Gasteiger partial charge is 0.495 e. The fourth-order valence-electron chi connectivity index (χ4n) is 1.59. The number of pyridine rings is 1. The maximum atomic E-state index is 5.90. The quantitative estimate of drug-likeness (QED) is 0.624. The van der Waals surface area contributed by atoms with Gasteiger partial charge < -0.3 is 10.5 Å². The standard InChI is InChI=1S/C11H12N2OS/c1-14-9-6-8(12)10-7(11(9)15-2)4-3-5-13-10/h3-6H,12H2,1-2H3. The third-order valence-corrected chi connectivity index (χ3v) is 3.09. The van der Waals surface area contributed by atoms with E-state index < -0.39 is 0 Å². The van der Waals surface area contributed by atoms with Gasteiger partial charge in [-0.3, -0.25) is 4.98 Å². The lowest BCUT2D eigenvalue weighted by Gasteiger charge is -2.11. The van der Waals surface area contributed by atoms with Crippen molar-refractivity contribution in [3.05, 3.63) is 24.4 Å².